The molecule has 0 radical (unpaired) electrons. The van der Waals surface area contributed by atoms with Crippen molar-refractivity contribution in [2.24, 2.45) is 0 Å². The number of carboxylic acids is 1. The summed E-state index contributed by atoms with van der Waals surface area (Å²) < 4.78 is 0. The van der Waals surface area contributed by atoms with Crippen LogP contribution in [-0.2, 0) is 0 Å². The number of amides is 1. The lowest BCUT2D eigenvalue weighted by Crippen LogP contribution is -2.44. The number of nitrogens with one attached hydrogen (secondary N) is 1. The lowest BCUT2D eigenvalue weighted by atomic mass is 10.0. The zero-order valence-electron chi connectivity index (χ0n) is 10.8. The number of nitrogens with zero attached hydrogens (tertiary/aromatic N) is 2. The third-order valence-electron chi connectivity index (χ3n) is 3.40. The van der Waals surface area contributed by atoms with Crippen molar-refractivity contribution < 1.29 is 14.7 Å². The maximum Gasteiger partial charge on any atom is 0.354 e. The molecule has 2 N–H and O–H groups in total. The average molecular weight is 263 g/mol. The Morgan fingerprint density at radius 2 is 2.11 bits per heavy atom. The second kappa shape index (κ2) is 5.79. The van der Waals surface area contributed by atoms with Gasteiger partial charge in [0.25, 0.3) is 5.91 Å². The Kier molecular flexibility index (Phi) is 4.11. The van der Waals surface area contributed by atoms with Crippen molar-refractivity contribution >= 4 is 11.9 Å². The Labute approximate surface area is 111 Å². The second-order valence-electron chi connectivity index (χ2n) is 4.63. The predicted octanol–water partition coefficient (Wildman–Crippen LogP) is 0.604. The minimum Gasteiger partial charge on any atom is -0.477 e. The molecule has 19 heavy (non-hydrogen) atoms. The minimum absolute atomic E-state index is 0.107. The van der Waals surface area contributed by atoms with Crippen LogP contribution in [0.4, 0.5) is 0 Å². The van der Waals surface area contributed by atoms with Crippen LogP contribution < -0.4 is 5.32 Å². The molecule has 2 heterocycles. The Hall–Kier alpha value is -1.95. The molecule has 0 aliphatic carbocycles. The molecular formula is C13H17N3O3. The summed E-state index contributed by atoms with van der Waals surface area (Å²) in [6.07, 6.45) is 3.19. The first-order valence-corrected chi connectivity index (χ1v) is 6.27. The van der Waals surface area contributed by atoms with E-state index in [1.165, 1.54) is 12.3 Å². The van der Waals surface area contributed by atoms with Gasteiger partial charge < -0.3 is 15.3 Å². The molecule has 102 valence electrons. The van der Waals surface area contributed by atoms with E-state index in [1.807, 2.05) is 0 Å². The lowest BCUT2D eigenvalue weighted by molar-refractivity contribution is 0.0690. The zero-order chi connectivity index (χ0) is 13.8. The number of carbonyl (C=O) groups excluding carboxylic acids is 1. The molecule has 6 heteroatoms. The maximum absolute atomic E-state index is 12.3. The highest BCUT2D eigenvalue weighted by Crippen LogP contribution is 2.14. The molecule has 2 rings (SSSR count). The standard InChI is InChI=1S/C13H17N3O3/c1-16(10-3-5-14-6-4-10)12(17)9-2-7-15-11(8-9)13(18)19/h2,7-8,10,14H,3-6H2,1H3,(H,18,19). The number of carbonyl (C=O) groups is 2. The van der Waals surface area contributed by atoms with Crippen molar-refractivity contribution in [3.63, 3.8) is 0 Å². The summed E-state index contributed by atoms with van der Waals surface area (Å²) >= 11 is 0. The van der Waals surface area contributed by atoms with Gasteiger partial charge in [0.15, 0.2) is 0 Å². The van der Waals surface area contributed by atoms with Gasteiger partial charge in [0.2, 0.25) is 0 Å². The fourth-order valence-electron chi connectivity index (χ4n) is 2.24. The van der Waals surface area contributed by atoms with Crippen LogP contribution in [0.25, 0.3) is 0 Å². The molecule has 1 amide bonds. The molecule has 1 aliphatic rings. The second-order valence-corrected chi connectivity index (χ2v) is 4.63. The predicted molar refractivity (Wildman–Crippen MR) is 69.2 cm³/mol. The molecule has 1 saturated heterocycles. The van der Waals surface area contributed by atoms with Crippen molar-refractivity contribution in [3.05, 3.63) is 29.6 Å². The number of aromatic nitrogens is 1. The van der Waals surface area contributed by atoms with Gasteiger partial charge in [0.05, 0.1) is 0 Å². The third-order valence-corrected chi connectivity index (χ3v) is 3.40. The zero-order valence-corrected chi connectivity index (χ0v) is 10.8. The number of pyridine rings is 1. The molecule has 1 aromatic rings. The monoisotopic (exact) mass is 263 g/mol. The Balaban J connectivity index is 2.14. The highest BCUT2D eigenvalue weighted by atomic mass is 16.4. The molecule has 0 unspecified atom stereocenters. The van der Waals surface area contributed by atoms with Gasteiger partial charge in [-0.1, -0.05) is 0 Å². The fraction of sp³-hybridized carbons (Fsp3) is 0.462. The van der Waals surface area contributed by atoms with E-state index in [0.717, 1.165) is 25.9 Å². The molecule has 1 fully saturated rings. The molecule has 0 aromatic carbocycles. The van der Waals surface area contributed by atoms with E-state index >= 15 is 0 Å². The van der Waals surface area contributed by atoms with E-state index in [-0.39, 0.29) is 17.6 Å². The topological polar surface area (TPSA) is 82.5 Å². The minimum atomic E-state index is -1.13. The van der Waals surface area contributed by atoms with Crippen LogP contribution in [0.5, 0.6) is 0 Å². The van der Waals surface area contributed by atoms with E-state index in [2.05, 4.69) is 10.3 Å². The summed E-state index contributed by atoms with van der Waals surface area (Å²) in [6, 6.07) is 3.07. The van der Waals surface area contributed by atoms with Crippen molar-refractivity contribution in [2.45, 2.75) is 18.9 Å². The van der Waals surface area contributed by atoms with Gasteiger partial charge in [-0.15, -0.1) is 0 Å². The first-order valence-electron chi connectivity index (χ1n) is 6.27. The van der Waals surface area contributed by atoms with Crippen LogP contribution in [0.1, 0.15) is 33.7 Å². The molecule has 6 nitrogen and oxygen atoms in total. The van der Waals surface area contributed by atoms with Crippen LogP contribution in [0, 0.1) is 0 Å². The van der Waals surface area contributed by atoms with Gasteiger partial charge in [-0.25, -0.2) is 9.78 Å². The first-order chi connectivity index (χ1) is 9.09. The molecule has 0 atom stereocenters. The van der Waals surface area contributed by atoms with E-state index in [4.69, 9.17) is 5.11 Å². The number of hydrogen-bond donors (Lipinski definition) is 2. The van der Waals surface area contributed by atoms with Crippen molar-refractivity contribution in [2.75, 3.05) is 20.1 Å². The van der Waals surface area contributed by atoms with E-state index in [1.54, 1.807) is 18.0 Å². The average Bonchev–Trinajstić information content (AvgIpc) is 2.46. The molecule has 0 bridgehead atoms. The number of carboxylic acid groups (broad SMARTS) is 1. The normalized spacial score (nSPS) is 16.1. The highest BCUT2D eigenvalue weighted by Gasteiger charge is 2.23. The van der Waals surface area contributed by atoms with Crippen molar-refractivity contribution in [1.82, 2.24) is 15.2 Å². The summed E-state index contributed by atoms with van der Waals surface area (Å²) in [4.78, 5) is 28.6. The maximum atomic E-state index is 12.3. The van der Waals surface area contributed by atoms with Crippen LogP contribution in [0.2, 0.25) is 0 Å². The van der Waals surface area contributed by atoms with Gasteiger partial charge in [0, 0.05) is 24.8 Å². The van der Waals surface area contributed by atoms with Gasteiger partial charge in [-0.3, -0.25) is 4.79 Å². The lowest BCUT2D eigenvalue weighted by Gasteiger charge is -2.31. The van der Waals surface area contributed by atoms with E-state index < -0.39 is 5.97 Å². The highest BCUT2D eigenvalue weighted by molar-refractivity contribution is 5.96. The van der Waals surface area contributed by atoms with E-state index in [9.17, 15) is 9.59 Å². The summed E-state index contributed by atoms with van der Waals surface area (Å²) in [5, 5.41) is 12.1. The largest absolute Gasteiger partial charge is 0.477 e. The number of hydrogen-bond acceptors (Lipinski definition) is 4. The van der Waals surface area contributed by atoms with Crippen molar-refractivity contribution in [1.29, 1.82) is 0 Å². The molecule has 1 aliphatic heterocycles. The van der Waals surface area contributed by atoms with Crippen LogP contribution in [0.3, 0.4) is 0 Å². The third kappa shape index (κ3) is 3.08. The summed E-state index contributed by atoms with van der Waals surface area (Å²) in [5.41, 5.74) is 0.262. The fourth-order valence-corrected chi connectivity index (χ4v) is 2.24. The van der Waals surface area contributed by atoms with Crippen molar-refractivity contribution in [3.8, 4) is 0 Å². The number of piperidine rings is 1. The van der Waals surface area contributed by atoms with E-state index in [0.29, 0.717) is 5.56 Å². The number of rotatable bonds is 3. The molecule has 1 aromatic heterocycles. The smallest absolute Gasteiger partial charge is 0.354 e. The van der Waals surface area contributed by atoms with Crippen LogP contribution >= 0.6 is 0 Å². The Morgan fingerprint density at radius 3 is 2.74 bits per heavy atom. The summed E-state index contributed by atoms with van der Waals surface area (Å²) in [6.45, 7) is 1.80. The Morgan fingerprint density at radius 1 is 1.42 bits per heavy atom. The van der Waals surface area contributed by atoms with Crippen LogP contribution in [-0.4, -0.2) is 53.0 Å². The van der Waals surface area contributed by atoms with Gasteiger partial charge >= 0.3 is 5.97 Å². The Bertz CT molecular complexity index is 484. The quantitative estimate of drug-likeness (QED) is 0.834. The summed E-state index contributed by atoms with van der Waals surface area (Å²) in [7, 11) is 1.76. The van der Waals surface area contributed by atoms with Gasteiger partial charge in [-0.05, 0) is 38.1 Å². The first kappa shape index (κ1) is 13.5. The summed E-state index contributed by atoms with van der Waals surface area (Å²) in [5.74, 6) is -1.28. The molecule has 0 saturated carbocycles. The van der Waals surface area contributed by atoms with Gasteiger partial charge in [0.1, 0.15) is 5.69 Å². The van der Waals surface area contributed by atoms with Gasteiger partial charge in [-0.2, -0.15) is 0 Å². The molecule has 0 spiro atoms. The molecular weight excluding hydrogens is 246 g/mol. The number of aromatic carboxylic acids is 1. The van der Waals surface area contributed by atoms with Crippen LogP contribution in [0.15, 0.2) is 18.3 Å². The SMILES string of the molecule is CN(C(=O)c1ccnc(C(=O)O)c1)C1CCNCC1.